The summed E-state index contributed by atoms with van der Waals surface area (Å²) in [6.45, 7) is 52.2. The number of rotatable bonds is 40. The zero-order valence-corrected chi connectivity index (χ0v) is 69.5. The van der Waals surface area contributed by atoms with Gasteiger partial charge in [0.05, 0.1) is 47.0 Å². The highest BCUT2D eigenvalue weighted by atomic mass is 79.9. The van der Waals surface area contributed by atoms with Gasteiger partial charge in [-0.15, -0.1) is 6.58 Å². The molecule has 0 aromatic heterocycles. The average molecular weight is 1700 g/mol. The summed E-state index contributed by atoms with van der Waals surface area (Å²) in [4.78, 5) is 35.8. The Morgan fingerprint density at radius 3 is 1.08 bits per heavy atom. The van der Waals surface area contributed by atoms with E-state index in [1.54, 1.807) is 26.8 Å². The molecule has 0 heterocycles. The van der Waals surface area contributed by atoms with Crippen LogP contribution >= 0.6 is 47.8 Å². The molecule has 0 bridgehead atoms. The summed E-state index contributed by atoms with van der Waals surface area (Å²) in [5.74, 6) is -0.971. The molecule has 0 amide bonds. The summed E-state index contributed by atoms with van der Waals surface area (Å²) in [5, 5.41) is 13.1. The fourth-order valence-electron chi connectivity index (χ4n) is 6.66. The van der Waals surface area contributed by atoms with Crippen molar-refractivity contribution in [2.75, 3.05) is 131 Å². The van der Waals surface area contributed by atoms with Crippen LogP contribution in [-0.4, -0.2) is 225 Å². The van der Waals surface area contributed by atoms with Crippen LogP contribution in [0.2, 0.25) is 78.6 Å². The van der Waals surface area contributed by atoms with Gasteiger partial charge in [-0.1, -0.05) is 118 Å². The fraction of sp³-hybridized carbons (Fsp3) is 0.820. The Balaban J connectivity index is -0.0000000870. The Morgan fingerprint density at radius 1 is 0.523 bits per heavy atom. The Hall–Kier alpha value is 0.671. The van der Waals surface area contributed by atoms with Crippen molar-refractivity contribution in [2.45, 2.75) is 201 Å². The van der Waals surface area contributed by atoms with E-state index < -0.39 is 52.1 Å². The lowest BCUT2D eigenvalue weighted by Gasteiger charge is -2.36. The van der Waals surface area contributed by atoms with Crippen molar-refractivity contribution < 1.29 is 102 Å². The molecule has 0 spiro atoms. The molecule has 16 nitrogen and oxygen atoms in total. The van der Waals surface area contributed by atoms with Gasteiger partial charge in [0.15, 0.2) is 18.1 Å². The number of esters is 3. The first-order valence-corrected chi connectivity index (χ1v) is 48.7. The SMILES string of the molecule is C.C.C.C.C.C.C=C(C)C(=O)OCCN(C)C.C=C(C)C(=O)OCC[N+](C)(C)CCCCO[Si](C)(C)O[Si](C)(C)OCCCC[N+](C)(C)CCOC(=O)C(=C)C.C=CCBr.C[SiH](C)O[SiH](C)C.C[Si](C)(OCCCCBr)O[Si](C)(C)C(O)CCCBr.[Br-].[Br-]. The number of likely N-dealkylation sites (N-methyl/N-ethyl adjacent to an activating group) is 3. The highest BCUT2D eigenvalue weighted by molar-refractivity contribution is 9.09. The molecule has 0 rings (SSSR count). The maximum Gasteiger partial charge on any atom is 0.333 e. The zero-order valence-electron chi connectivity index (χ0n) is 55.3. The number of nitrogens with zero attached hydrogens (tertiary/aromatic N) is 3. The quantitative estimate of drug-likeness (QED) is 0.00904. The van der Waals surface area contributed by atoms with Gasteiger partial charge >= 0.3 is 43.6 Å². The van der Waals surface area contributed by atoms with Gasteiger partial charge in [-0.2, -0.15) is 0 Å². The smallest absolute Gasteiger partial charge is 0.333 e. The van der Waals surface area contributed by atoms with Crippen molar-refractivity contribution in [3.63, 3.8) is 0 Å². The van der Waals surface area contributed by atoms with E-state index in [2.05, 4.69) is 181 Å². The van der Waals surface area contributed by atoms with Crippen LogP contribution in [0.15, 0.2) is 49.1 Å². The maximum atomic E-state index is 11.5. The fourth-order valence-corrected chi connectivity index (χ4v) is 25.6. The highest BCUT2D eigenvalue weighted by Crippen LogP contribution is 2.22. The summed E-state index contributed by atoms with van der Waals surface area (Å²) in [7, 11) is 2.30. The van der Waals surface area contributed by atoms with Crippen molar-refractivity contribution in [3.8, 4) is 0 Å². The van der Waals surface area contributed by atoms with E-state index in [9.17, 15) is 19.5 Å². The van der Waals surface area contributed by atoms with Crippen molar-refractivity contribution in [1.29, 1.82) is 0 Å². The number of carbonyl (C=O) groups excluding carboxylic acids is 3. The molecule has 0 saturated heterocycles. The lowest BCUT2D eigenvalue weighted by molar-refractivity contribution is -0.890. The molecule has 540 valence electrons. The Morgan fingerprint density at radius 2 is 0.818 bits per heavy atom. The molecular weight excluding hydrogens is 1550 g/mol. The Kier molecular flexibility index (Phi) is 91.5. The van der Waals surface area contributed by atoms with Crippen molar-refractivity contribution in [1.82, 2.24) is 4.90 Å². The predicted octanol–water partition coefficient (Wildman–Crippen LogP) is 9.60. The van der Waals surface area contributed by atoms with Crippen LogP contribution in [0, 0.1) is 0 Å². The van der Waals surface area contributed by atoms with E-state index in [1.165, 1.54) is 0 Å². The number of halogens is 5. The minimum Gasteiger partial charge on any atom is -1.00 e. The van der Waals surface area contributed by atoms with Gasteiger partial charge in [0.2, 0.25) is 8.32 Å². The van der Waals surface area contributed by atoms with Crippen LogP contribution in [0.4, 0.5) is 0 Å². The van der Waals surface area contributed by atoms with Gasteiger partial charge in [-0.3, -0.25) is 0 Å². The lowest BCUT2D eigenvalue weighted by atomic mass is 10.3. The monoisotopic (exact) mass is 1690 g/mol. The second kappa shape index (κ2) is 67.6. The van der Waals surface area contributed by atoms with Crippen molar-refractivity contribution >= 4 is 118 Å². The molecule has 27 heteroatoms. The first-order chi connectivity index (χ1) is 36.6. The maximum absolute atomic E-state index is 11.5. The average Bonchev–Trinajstić information content (AvgIpc) is 3.30. The predicted molar refractivity (Wildman–Crippen MR) is 403 cm³/mol. The summed E-state index contributed by atoms with van der Waals surface area (Å²) in [5.41, 5.74) is 0.990. The van der Waals surface area contributed by atoms with Gasteiger partial charge in [0, 0.05) is 59.1 Å². The number of alkyl halides is 3. The number of quaternary nitrogens is 2. The second-order valence-electron chi connectivity index (χ2n) is 23.7. The summed E-state index contributed by atoms with van der Waals surface area (Å²) in [6.07, 6.45) is 9.71. The van der Waals surface area contributed by atoms with Crippen molar-refractivity contribution in [3.05, 3.63) is 49.1 Å². The Labute approximate surface area is 600 Å². The molecule has 88 heavy (non-hydrogen) atoms. The van der Waals surface area contributed by atoms with Crippen LogP contribution in [0.5, 0.6) is 0 Å². The third kappa shape index (κ3) is 84.7. The molecule has 0 radical (unpaired) electrons. The van der Waals surface area contributed by atoms with Crippen LogP contribution in [0.1, 0.15) is 117 Å². The molecule has 0 aromatic rings. The second-order valence-corrected chi connectivity index (χ2v) is 46.0. The summed E-state index contributed by atoms with van der Waals surface area (Å²) in [6, 6.07) is 0. The number of unbranched alkanes of at least 4 members (excludes halogenated alkanes) is 3. The third-order valence-corrected chi connectivity index (χ3v) is 29.5. The molecule has 0 fully saturated rings. The van der Waals surface area contributed by atoms with Gasteiger partial charge < -0.3 is 92.8 Å². The van der Waals surface area contributed by atoms with Gasteiger partial charge in [0.1, 0.15) is 32.9 Å². The van der Waals surface area contributed by atoms with E-state index in [0.29, 0.717) is 49.8 Å². The number of aliphatic hydroxyl groups excluding tert-OH is 1. The normalized spacial score (nSPS) is 11.2. The number of hydrogen-bond acceptors (Lipinski definition) is 14. The number of aliphatic hydroxyl groups is 1. The number of hydrogen-bond donors (Lipinski definition) is 1. The number of allylic oxidation sites excluding steroid dienone is 1. The first kappa shape index (κ1) is 119. The molecule has 0 saturated carbocycles. The first-order valence-electron chi connectivity index (χ1n) is 28.3. The molecular formula is C61H144Br5N3O13Si6. The van der Waals surface area contributed by atoms with Crippen LogP contribution in [-0.2, 0) is 54.2 Å². The van der Waals surface area contributed by atoms with Crippen molar-refractivity contribution in [2.24, 2.45) is 0 Å². The summed E-state index contributed by atoms with van der Waals surface area (Å²) < 4.78 is 53.4. The van der Waals surface area contributed by atoms with E-state index in [0.717, 1.165) is 116 Å². The van der Waals surface area contributed by atoms with Crippen LogP contribution < -0.4 is 34.0 Å². The van der Waals surface area contributed by atoms with E-state index in [-0.39, 0.29) is 102 Å². The van der Waals surface area contributed by atoms with E-state index in [1.807, 2.05) is 19.0 Å². The minimum atomic E-state index is -2.29. The van der Waals surface area contributed by atoms with Crippen LogP contribution in [0.25, 0.3) is 0 Å². The van der Waals surface area contributed by atoms with Gasteiger partial charge in [-0.25, -0.2) is 14.4 Å². The van der Waals surface area contributed by atoms with E-state index in [4.69, 9.17) is 39.8 Å². The topological polar surface area (TPSA) is 158 Å². The summed E-state index contributed by atoms with van der Waals surface area (Å²) >= 11 is 9.95. The zero-order chi connectivity index (χ0) is 63.4. The molecule has 1 N–H and O–H groups in total. The minimum absolute atomic E-state index is 0. The Bertz CT molecular complexity index is 1620. The molecule has 0 aliphatic rings. The third-order valence-electron chi connectivity index (χ3n) is 10.9. The van der Waals surface area contributed by atoms with Crippen LogP contribution in [0.3, 0.4) is 0 Å². The van der Waals surface area contributed by atoms with Gasteiger partial charge in [-0.05, 0) is 165 Å². The van der Waals surface area contributed by atoms with Gasteiger partial charge in [0.25, 0.3) is 0 Å². The molecule has 0 aliphatic carbocycles. The molecule has 1 unspecified atom stereocenters. The number of carbonyl (C=O) groups is 3. The standard InChI is InChI=1S/C28H58N2O7Si2.C12H28Br2O3Si2.C8H15NO2.C4H14OSi2.C3H5Br.6CH4.2BrH/c1-25(2)27(31)33-23-19-29(5,6)17-13-15-21-35-38(9,10)37-39(11,12)36-22-16-14-18-30(7,8)20-24-34-28(32)26(3)4;1-18(2,12(15)8-7-10-14)17-19(3,4)16-11-6-5-9-13;1-7(2)8(10)11-6-5-9(3)4;1-6(2)5-7(3)4;1-2-3-4;;;;;;;;/h1,3,13-24H2,2,4-12H3;12,15H,5-11H2,1-4H3;1,5-6H2,2-4H3;6-7H,1-4H3;2H,1,3H2;6*1H4;2*1H/q+2;;;;;;;;;;;;/p-2. The molecule has 0 aliphatic heterocycles. The number of ether oxygens (including phenoxy) is 3. The highest BCUT2D eigenvalue weighted by Gasteiger charge is 2.40. The largest absolute Gasteiger partial charge is 1.00 e. The lowest BCUT2D eigenvalue weighted by Crippen LogP contribution is -3.00. The molecule has 1 atom stereocenters. The van der Waals surface area contributed by atoms with E-state index >= 15 is 0 Å². The molecule has 0 aromatic carbocycles.